The number of benzene rings is 1. The van der Waals surface area contributed by atoms with E-state index in [0.29, 0.717) is 18.3 Å². The molecule has 8 heteroatoms. The van der Waals surface area contributed by atoms with Gasteiger partial charge < -0.3 is 10.1 Å². The highest BCUT2D eigenvalue weighted by molar-refractivity contribution is 5.88. The second-order valence-corrected chi connectivity index (χ2v) is 7.40. The molecule has 0 unspecified atom stereocenters. The second kappa shape index (κ2) is 11.8. The first-order valence-corrected chi connectivity index (χ1v) is 10.2. The standard InChI is InChI=1S/C21H31N5O2.ClH/c1-26-21(24-20(25-26)17-12-14-22-15-13-17)23-19(27)7-5-3-4-6-16-8-10-18(28-2)11-9-16;/h8-11,17,22H,3-7,12-15H2,1-2H3,(H,23,24,25,27);1H. The van der Waals surface area contributed by atoms with E-state index in [9.17, 15) is 4.79 Å². The normalized spacial score (nSPS) is 14.3. The first kappa shape index (κ1) is 23.2. The van der Waals surface area contributed by atoms with Crippen LogP contribution in [0.4, 0.5) is 5.95 Å². The summed E-state index contributed by atoms with van der Waals surface area (Å²) in [5.74, 6) is 2.68. The highest BCUT2D eigenvalue weighted by Crippen LogP contribution is 2.23. The Morgan fingerprint density at radius 2 is 1.93 bits per heavy atom. The number of methoxy groups -OCH3 is 1. The zero-order chi connectivity index (χ0) is 19.8. The molecular weight excluding hydrogens is 390 g/mol. The maximum absolute atomic E-state index is 12.2. The van der Waals surface area contributed by atoms with Crippen LogP contribution in [0.25, 0.3) is 0 Å². The second-order valence-electron chi connectivity index (χ2n) is 7.40. The summed E-state index contributed by atoms with van der Waals surface area (Å²) < 4.78 is 6.85. The monoisotopic (exact) mass is 421 g/mol. The van der Waals surface area contributed by atoms with Crippen molar-refractivity contribution < 1.29 is 9.53 Å². The Bertz CT molecular complexity index is 757. The molecule has 1 aromatic heterocycles. The lowest BCUT2D eigenvalue weighted by atomic mass is 9.98. The van der Waals surface area contributed by atoms with E-state index in [0.717, 1.165) is 63.2 Å². The van der Waals surface area contributed by atoms with Crippen LogP contribution in [-0.2, 0) is 18.3 Å². The van der Waals surface area contributed by atoms with Gasteiger partial charge >= 0.3 is 0 Å². The van der Waals surface area contributed by atoms with Crippen LogP contribution in [0.2, 0.25) is 0 Å². The average Bonchev–Trinajstić information content (AvgIpc) is 3.09. The molecule has 1 fully saturated rings. The number of amides is 1. The molecule has 0 radical (unpaired) electrons. The SMILES string of the molecule is COc1ccc(CCCCCC(=O)Nc2nc(C3CCNCC3)nn2C)cc1.Cl. The van der Waals surface area contributed by atoms with Gasteiger partial charge in [-0.25, -0.2) is 4.68 Å². The molecule has 1 amide bonds. The van der Waals surface area contributed by atoms with Gasteiger partial charge in [-0.2, -0.15) is 10.1 Å². The summed E-state index contributed by atoms with van der Waals surface area (Å²) in [7, 11) is 3.51. The third kappa shape index (κ3) is 7.01. The summed E-state index contributed by atoms with van der Waals surface area (Å²) in [6.45, 7) is 2.00. The smallest absolute Gasteiger partial charge is 0.227 e. The Hall–Kier alpha value is -2.12. The van der Waals surface area contributed by atoms with Crippen LogP contribution in [0, 0.1) is 0 Å². The van der Waals surface area contributed by atoms with Gasteiger partial charge in [-0.1, -0.05) is 18.6 Å². The van der Waals surface area contributed by atoms with Gasteiger partial charge in [0.1, 0.15) is 5.75 Å². The summed E-state index contributed by atoms with van der Waals surface area (Å²) in [6, 6.07) is 8.17. The minimum absolute atomic E-state index is 0. The van der Waals surface area contributed by atoms with Gasteiger partial charge in [0.15, 0.2) is 5.82 Å². The predicted molar refractivity (Wildman–Crippen MR) is 117 cm³/mol. The van der Waals surface area contributed by atoms with Crippen LogP contribution in [0.1, 0.15) is 55.8 Å². The van der Waals surface area contributed by atoms with Crippen LogP contribution in [0.15, 0.2) is 24.3 Å². The highest BCUT2D eigenvalue weighted by Gasteiger charge is 2.21. The topological polar surface area (TPSA) is 81.1 Å². The third-order valence-electron chi connectivity index (χ3n) is 5.26. The van der Waals surface area contributed by atoms with Crippen LogP contribution in [0.3, 0.4) is 0 Å². The number of anilines is 1. The molecule has 0 saturated carbocycles. The van der Waals surface area contributed by atoms with Crippen molar-refractivity contribution in [2.75, 3.05) is 25.5 Å². The van der Waals surface area contributed by atoms with Crippen molar-refractivity contribution in [2.24, 2.45) is 7.05 Å². The Labute approximate surface area is 179 Å². The molecule has 1 aliphatic heterocycles. The molecule has 0 spiro atoms. The van der Waals surface area contributed by atoms with E-state index in [-0.39, 0.29) is 18.3 Å². The van der Waals surface area contributed by atoms with E-state index in [1.165, 1.54) is 5.56 Å². The van der Waals surface area contributed by atoms with Crippen LogP contribution < -0.4 is 15.4 Å². The molecule has 160 valence electrons. The molecule has 2 aromatic rings. The van der Waals surface area contributed by atoms with Gasteiger partial charge in [0, 0.05) is 19.4 Å². The fraction of sp³-hybridized carbons (Fsp3) is 0.571. The number of carbonyl (C=O) groups is 1. The average molecular weight is 422 g/mol. The lowest BCUT2D eigenvalue weighted by Crippen LogP contribution is -2.27. The van der Waals surface area contributed by atoms with Crippen LogP contribution >= 0.6 is 12.4 Å². The number of ether oxygens (including phenoxy) is 1. The van der Waals surface area contributed by atoms with E-state index in [1.54, 1.807) is 11.8 Å². The first-order valence-electron chi connectivity index (χ1n) is 10.2. The molecule has 2 heterocycles. The molecule has 1 saturated heterocycles. The largest absolute Gasteiger partial charge is 0.497 e. The molecule has 29 heavy (non-hydrogen) atoms. The number of hydrogen-bond acceptors (Lipinski definition) is 5. The number of rotatable bonds is 9. The van der Waals surface area contributed by atoms with E-state index < -0.39 is 0 Å². The highest BCUT2D eigenvalue weighted by atomic mass is 35.5. The number of aryl methyl sites for hydroxylation is 2. The number of halogens is 1. The number of piperidine rings is 1. The fourth-order valence-electron chi connectivity index (χ4n) is 3.54. The summed E-state index contributed by atoms with van der Waals surface area (Å²) in [5.41, 5.74) is 1.30. The van der Waals surface area contributed by atoms with Gasteiger partial charge in [0.2, 0.25) is 11.9 Å². The van der Waals surface area contributed by atoms with Crippen molar-refractivity contribution in [3.8, 4) is 5.75 Å². The molecule has 1 aliphatic rings. The van der Waals surface area contributed by atoms with Crippen molar-refractivity contribution in [1.82, 2.24) is 20.1 Å². The minimum atomic E-state index is 0. The molecular formula is C21H32ClN5O2. The zero-order valence-corrected chi connectivity index (χ0v) is 18.1. The van der Waals surface area contributed by atoms with E-state index >= 15 is 0 Å². The molecule has 3 rings (SSSR count). The van der Waals surface area contributed by atoms with Gasteiger partial charge in [-0.3, -0.25) is 10.1 Å². The first-order chi connectivity index (χ1) is 13.7. The number of hydrogen-bond donors (Lipinski definition) is 2. The Balaban J connectivity index is 0.00000300. The summed E-state index contributed by atoms with van der Waals surface area (Å²) >= 11 is 0. The third-order valence-corrected chi connectivity index (χ3v) is 5.26. The number of aromatic nitrogens is 3. The van der Waals surface area contributed by atoms with Crippen LogP contribution in [-0.4, -0.2) is 40.9 Å². The summed E-state index contributed by atoms with van der Waals surface area (Å²) in [5, 5.41) is 10.8. The van der Waals surface area contributed by atoms with Crippen molar-refractivity contribution in [3.05, 3.63) is 35.7 Å². The number of unbranched alkanes of at least 4 members (excludes halogenated alkanes) is 2. The van der Waals surface area contributed by atoms with Gasteiger partial charge in [-0.15, -0.1) is 12.4 Å². The number of nitrogens with one attached hydrogen (secondary N) is 2. The molecule has 2 N–H and O–H groups in total. The molecule has 0 atom stereocenters. The Kier molecular flexibility index (Phi) is 9.41. The molecule has 7 nitrogen and oxygen atoms in total. The fourth-order valence-corrected chi connectivity index (χ4v) is 3.54. The quantitative estimate of drug-likeness (QED) is 0.606. The van der Waals surface area contributed by atoms with Gasteiger partial charge in [0.05, 0.1) is 7.11 Å². The lowest BCUT2D eigenvalue weighted by molar-refractivity contribution is -0.116. The maximum atomic E-state index is 12.2. The van der Waals surface area contributed by atoms with Crippen molar-refractivity contribution >= 4 is 24.3 Å². The van der Waals surface area contributed by atoms with E-state index in [4.69, 9.17) is 4.74 Å². The van der Waals surface area contributed by atoms with Gasteiger partial charge in [-0.05, 0) is 62.9 Å². The van der Waals surface area contributed by atoms with E-state index in [2.05, 4.69) is 32.8 Å². The van der Waals surface area contributed by atoms with Crippen molar-refractivity contribution in [1.29, 1.82) is 0 Å². The number of carbonyl (C=O) groups excluding carboxylic acids is 1. The van der Waals surface area contributed by atoms with Gasteiger partial charge in [0.25, 0.3) is 0 Å². The molecule has 0 bridgehead atoms. The maximum Gasteiger partial charge on any atom is 0.227 e. The Morgan fingerprint density at radius 1 is 1.21 bits per heavy atom. The van der Waals surface area contributed by atoms with Crippen molar-refractivity contribution in [3.63, 3.8) is 0 Å². The minimum Gasteiger partial charge on any atom is -0.497 e. The van der Waals surface area contributed by atoms with Crippen LogP contribution in [0.5, 0.6) is 5.75 Å². The Morgan fingerprint density at radius 3 is 2.62 bits per heavy atom. The predicted octanol–water partition coefficient (Wildman–Crippen LogP) is 3.45. The summed E-state index contributed by atoms with van der Waals surface area (Å²) in [4.78, 5) is 16.8. The summed E-state index contributed by atoms with van der Waals surface area (Å²) in [6.07, 6.45) is 6.60. The molecule has 0 aliphatic carbocycles. The zero-order valence-electron chi connectivity index (χ0n) is 17.3. The van der Waals surface area contributed by atoms with Crippen molar-refractivity contribution in [2.45, 2.75) is 50.9 Å². The number of nitrogens with zero attached hydrogens (tertiary/aromatic N) is 3. The lowest BCUT2D eigenvalue weighted by Gasteiger charge is -2.19. The molecule has 1 aromatic carbocycles. The van der Waals surface area contributed by atoms with E-state index in [1.807, 2.05) is 19.2 Å².